The lowest BCUT2D eigenvalue weighted by Gasteiger charge is -2.35. The normalized spacial score (nSPS) is 24.2. The van der Waals surface area contributed by atoms with Crippen molar-refractivity contribution in [1.29, 1.82) is 0 Å². The first kappa shape index (κ1) is 9.76. The van der Waals surface area contributed by atoms with Crippen molar-refractivity contribution >= 4 is 0 Å². The highest BCUT2D eigenvalue weighted by Crippen LogP contribution is 2.39. The van der Waals surface area contributed by atoms with Gasteiger partial charge in [-0.25, -0.2) is 0 Å². The van der Waals surface area contributed by atoms with E-state index >= 15 is 0 Å². The van der Waals surface area contributed by atoms with Gasteiger partial charge in [-0.05, 0) is 48.9 Å². The summed E-state index contributed by atoms with van der Waals surface area (Å²) in [5.74, 6) is 3.79. The number of hydrogen-bond donors (Lipinski definition) is 0. The zero-order valence-electron chi connectivity index (χ0n) is 9.26. The molecule has 16 heavy (non-hydrogen) atoms. The molecule has 2 nitrogen and oxygen atoms in total. The molecule has 0 unspecified atom stereocenters. The van der Waals surface area contributed by atoms with Crippen molar-refractivity contribution in [3.63, 3.8) is 0 Å². The second-order valence-electron chi connectivity index (χ2n) is 4.66. The first-order chi connectivity index (χ1) is 7.92. The van der Waals surface area contributed by atoms with Crippen LogP contribution in [0.15, 0.2) is 45.6 Å². The fraction of sp³-hybridized carbons (Fsp3) is 0.429. The third-order valence-electron chi connectivity index (χ3n) is 3.66. The molecule has 2 atom stereocenters. The molecule has 2 heteroatoms. The molecule has 0 N–H and O–H groups in total. The lowest BCUT2D eigenvalue weighted by atomic mass is 9.69. The van der Waals surface area contributed by atoms with Crippen LogP contribution in [0.5, 0.6) is 0 Å². The molecule has 0 bridgehead atoms. The van der Waals surface area contributed by atoms with Gasteiger partial charge in [0.25, 0.3) is 0 Å². The van der Waals surface area contributed by atoms with E-state index in [2.05, 4.69) is 12.1 Å². The van der Waals surface area contributed by atoms with Crippen molar-refractivity contribution in [2.45, 2.75) is 25.7 Å². The van der Waals surface area contributed by atoms with E-state index in [1.54, 1.807) is 12.5 Å². The molecule has 0 spiro atoms. The number of furan rings is 2. The summed E-state index contributed by atoms with van der Waals surface area (Å²) in [6.07, 6.45) is 8.33. The van der Waals surface area contributed by atoms with E-state index in [4.69, 9.17) is 8.83 Å². The van der Waals surface area contributed by atoms with E-state index < -0.39 is 0 Å². The van der Waals surface area contributed by atoms with Gasteiger partial charge in [0.2, 0.25) is 0 Å². The molecule has 0 amide bonds. The maximum absolute atomic E-state index is 5.40. The largest absolute Gasteiger partial charge is 0.469 e. The Morgan fingerprint density at radius 1 is 0.875 bits per heavy atom. The molecule has 0 aliphatic heterocycles. The lowest BCUT2D eigenvalue weighted by Crippen LogP contribution is -2.29. The van der Waals surface area contributed by atoms with Gasteiger partial charge in [0.05, 0.1) is 12.5 Å². The fourth-order valence-electron chi connectivity index (χ4n) is 2.55. The minimum absolute atomic E-state index is 0.774. The van der Waals surface area contributed by atoms with Crippen LogP contribution in [-0.4, -0.2) is 0 Å². The van der Waals surface area contributed by atoms with Crippen LogP contribution in [-0.2, 0) is 12.8 Å². The summed E-state index contributed by atoms with van der Waals surface area (Å²) < 4.78 is 10.8. The van der Waals surface area contributed by atoms with Gasteiger partial charge >= 0.3 is 0 Å². The highest BCUT2D eigenvalue weighted by molar-refractivity contribution is 5.05. The van der Waals surface area contributed by atoms with Gasteiger partial charge in [0.15, 0.2) is 0 Å². The average molecular weight is 216 g/mol. The Bertz CT molecular complexity index is 371. The first-order valence-corrected chi connectivity index (χ1v) is 5.96. The molecule has 84 valence electrons. The molecule has 1 aliphatic carbocycles. The van der Waals surface area contributed by atoms with Crippen LogP contribution in [0, 0.1) is 11.8 Å². The van der Waals surface area contributed by atoms with Gasteiger partial charge in [-0.2, -0.15) is 0 Å². The van der Waals surface area contributed by atoms with Gasteiger partial charge in [-0.15, -0.1) is 0 Å². The summed E-state index contributed by atoms with van der Waals surface area (Å²) in [7, 11) is 0. The third kappa shape index (κ3) is 1.92. The molecule has 2 aromatic rings. The molecule has 3 rings (SSSR count). The second-order valence-corrected chi connectivity index (χ2v) is 4.66. The van der Waals surface area contributed by atoms with Crippen LogP contribution in [0.1, 0.15) is 24.4 Å². The zero-order valence-corrected chi connectivity index (χ0v) is 9.26. The van der Waals surface area contributed by atoms with Crippen LogP contribution >= 0.6 is 0 Å². The van der Waals surface area contributed by atoms with Crippen molar-refractivity contribution in [1.82, 2.24) is 0 Å². The van der Waals surface area contributed by atoms with E-state index in [0.717, 1.165) is 36.2 Å². The second kappa shape index (κ2) is 4.20. The highest BCUT2D eigenvalue weighted by Gasteiger charge is 2.31. The monoisotopic (exact) mass is 216 g/mol. The molecule has 1 saturated carbocycles. The Balaban J connectivity index is 1.57. The first-order valence-electron chi connectivity index (χ1n) is 5.96. The van der Waals surface area contributed by atoms with E-state index in [-0.39, 0.29) is 0 Å². The van der Waals surface area contributed by atoms with Crippen molar-refractivity contribution in [3.05, 3.63) is 48.3 Å². The molecule has 0 radical (unpaired) electrons. The van der Waals surface area contributed by atoms with E-state index in [0.29, 0.717) is 0 Å². The van der Waals surface area contributed by atoms with Crippen molar-refractivity contribution in [3.8, 4) is 0 Å². The smallest absolute Gasteiger partial charge is 0.104 e. The Morgan fingerprint density at radius 3 is 1.69 bits per heavy atom. The van der Waals surface area contributed by atoms with Gasteiger partial charge in [-0.1, -0.05) is 0 Å². The standard InChI is InChI=1S/C14H16O2/c1-3-13(15-7-1)9-11-5-6-12(11)10-14-4-2-8-16-14/h1-4,7-8,11-12H,5-6,9-10H2/t11-,12-/m0/s1. The van der Waals surface area contributed by atoms with Crippen LogP contribution in [0.25, 0.3) is 0 Å². The lowest BCUT2D eigenvalue weighted by molar-refractivity contribution is 0.159. The van der Waals surface area contributed by atoms with Gasteiger partial charge in [0.1, 0.15) is 11.5 Å². The predicted molar refractivity (Wildman–Crippen MR) is 61.0 cm³/mol. The van der Waals surface area contributed by atoms with Gasteiger partial charge in [0, 0.05) is 12.8 Å². The van der Waals surface area contributed by atoms with Gasteiger partial charge < -0.3 is 8.83 Å². The SMILES string of the molecule is c1coc(C[C@@H]2CC[C@H]2Cc2ccco2)c1. The Kier molecular flexibility index (Phi) is 2.56. The molecule has 2 aromatic heterocycles. The quantitative estimate of drug-likeness (QED) is 0.779. The van der Waals surface area contributed by atoms with Crippen molar-refractivity contribution < 1.29 is 8.83 Å². The minimum Gasteiger partial charge on any atom is -0.469 e. The van der Waals surface area contributed by atoms with E-state index in [9.17, 15) is 0 Å². The third-order valence-corrected chi connectivity index (χ3v) is 3.66. The fourth-order valence-corrected chi connectivity index (χ4v) is 2.55. The molecule has 0 aromatic carbocycles. The topological polar surface area (TPSA) is 26.3 Å². The highest BCUT2D eigenvalue weighted by atomic mass is 16.3. The summed E-state index contributed by atoms with van der Waals surface area (Å²) in [6.45, 7) is 0. The number of hydrogen-bond acceptors (Lipinski definition) is 2. The molecule has 1 aliphatic rings. The summed E-state index contributed by atoms with van der Waals surface area (Å²) in [4.78, 5) is 0. The minimum atomic E-state index is 0.774. The number of rotatable bonds is 4. The molecular weight excluding hydrogens is 200 g/mol. The summed E-state index contributed by atoms with van der Waals surface area (Å²) in [6, 6.07) is 8.08. The Morgan fingerprint density at radius 2 is 1.38 bits per heavy atom. The van der Waals surface area contributed by atoms with Gasteiger partial charge in [-0.3, -0.25) is 0 Å². The van der Waals surface area contributed by atoms with Crippen LogP contribution < -0.4 is 0 Å². The molecule has 0 saturated heterocycles. The summed E-state index contributed by atoms with van der Waals surface area (Å²) >= 11 is 0. The van der Waals surface area contributed by atoms with Crippen LogP contribution in [0.2, 0.25) is 0 Å². The maximum Gasteiger partial charge on any atom is 0.104 e. The molecular formula is C14H16O2. The summed E-state index contributed by atoms with van der Waals surface area (Å²) in [5, 5.41) is 0. The van der Waals surface area contributed by atoms with Crippen LogP contribution in [0.4, 0.5) is 0 Å². The molecule has 1 fully saturated rings. The zero-order chi connectivity index (χ0) is 10.8. The Labute approximate surface area is 95.3 Å². The van der Waals surface area contributed by atoms with E-state index in [1.165, 1.54) is 12.8 Å². The van der Waals surface area contributed by atoms with Crippen LogP contribution in [0.3, 0.4) is 0 Å². The van der Waals surface area contributed by atoms with Crippen molar-refractivity contribution in [2.75, 3.05) is 0 Å². The van der Waals surface area contributed by atoms with E-state index in [1.807, 2.05) is 12.1 Å². The maximum atomic E-state index is 5.40. The summed E-state index contributed by atoms with van der Waals surface area (Å²) in [5.41, 5.74) is 0. The Hall–Kier alpha value is -1.44. The van der Waals surface area contributed by atoms with Crippen molar-refractivity contribution in [2.24, 2.45) is 11.8 Å². The average Bonchev–Trinajstić information content (AvgIpc) is 2.94. The predicted octanol–water partition coefficient (Wildman–Crippen LogP) is 3.68. The molecule has 2 heterocycles.